The quantitative estimate of drug-likeness (QED) is 0.0673. The molecule has 2 N–H and O–H groups in total. The van der Waals surface area contributed by atoms with Gasteiger partial charge in [-0.1, -0.05) is 19.7 Å². The number of esters is 6. The summed E-state index contributed by atoms with van der Waals surface area (Å²) in [6.45, 7) is 22.0. The molecule has 0 heterocycles. The molecule has 0 bridgehead atoms. The lowest BCUT2D eigenvalue weighted by atomic mass is 9.86. The van der Waals surface area contributed by atoms with Gasteiger partial charge in [-0.25, -0.2) is 14.4 Å². The van der Waals surface area contributed by atoms with E-state index in [1.54, 1.807) is 13.8 Å². The first kappa shape index (κ1) is 49.0. The van der Waals surface area contributed by atoms with Crippen molar-refractivity contribution in [2.45, 2.75) is 137 Å². The number of carboxylic acids is 2. The van der Waals surface area contributed by atoms with Gasteiger partial charge < -0.3 is 38.6 Å². The standard InChI is InChI=1S/C38H56O16/c1-23(2)32(45)49-21-26(51-30(43)16-12-14-28(39)40)19-38(10,11)54-34(47)25(5)18-36(6,7)35(48)50-22-27(52-31(44)17-13-15-29(41)42)20-37(8,9)53-33(46)24(3)4/h26-27H,1,3,5,12-22H2,2,4,6-11H3,(H,39,40)(H,41,42). The maximum absolute atomic E-state index is 13.3. The summed E-state index contributed by atoms with van der Waals surface area (Å²) in [5.41, 5.74) is -3.76. The van der Waals surface area contributed by atoms with Crippen LogP contribution in [0.5, 0.6) is 0 Å². The lowest BCUT2D eigenvalue weighted by Crippen LogP contribution is -2.39. The molecule has 16 heteroatoms. The molecule has 0 rings (SSSR count). The molecule has 16 nitrogen and oxygen atoms in total. The Bertz CT molecular complexity index is 1430. The molecule has 0 aliphatic heterocycles. The lowest BCUT2D eigenvalue weighted by molar-refractivity contribution is -0.172. The third kappa shape index (κ3) is 21.5. The van der Waals surface area contributed by atoms with Crippen molar-refractivity contribution in [1.82, 2.24) is 0 Å². The van der Waals surface area contributed by atoms with E-state index >= 15 is 0 Å². The smallest absolute Gasteiger partial charge is 0.333 e. The van der Waals surface area contributed by atoms with Crippen molar-refractivity contribution >= 4 is 47.8 Å². The number of carboxylic acid groups (broad SMARTS) is 2. The van der Waals surface area contributed by atoms with Gasteiger partial charge in [0.1, 0.15) is 36.6 Å². The maximum Gasteiger partial charge on any atom is 0.333 e. The van der Waals surface area contributed by atoms with Gasteiger partial charge in [0.15, 0.2) is 0 Å². The van der Waals surface area contributed by atoms with E-state index in [1.807, 2.05) is 0 Å². The highest BCUT2D eigenvalue weighted by Crippen LogP contribution is 2.30. The normalized spacial score (nSPS) is 12.6. The van der Waals surface area contributed by atoms with Gasteiger partial charge in [0.05, 0.1) is 5.41 Å². The minimum absolute atomic E-state index is 0.0135. The van der Waals surface area contributed by atoms with Crippen LogP contribution >= 0.6 is 0 Å². The molecule has 0 saturated heterocycles. The molecule has 0 aliphatic rings. The van der Waals surface area contributed by atoms with Crippen molar-refractivity contribution in [3.63, 3.8) is 0 Å². The fraction of sp³-hybridized carbons (Fsp3) is 0.632. The summed E-state index contributed by atoms with van der Waals surface area (Å²) in [6, 6.07) is 0. The number of carbonyl (C=O) groups excluding carboxylic acids is 6. The summed E-state index contributed by atoms with van der Waals surface area (Å²) >= 11 is 0. The maximum atomic E-state index is 13.3. The molecule has 0 radical (unpaired) electrons. The molecule has 0 spiro atoms. The van der Waals surface area contributed by atoms with E-state index in [9.17, 15) is 38.4 Å². The minimum atomic E-state index is -1.36. The molecule has 0 aromatic carbocycles. The number of rotatable bonds is 26. The Morgan fingerprint density at radius 1 is 0.574 bits per heavy atom. The van der Waals surface area contributed by atoms with Crippen LogP contribution in [0.4, 0.5) is 0 Å². The zero-order valence-corrected chi connectivity index (χ0v) is 32.7. The fourth-order valence-corrected chi connectivity index (χ4v) is 4.70. The van der Waals surface area contributed by atoms with Crippen molar-refractivity contribution in [3.05, 3.63) is 36.5 Å². The highest BCUT2D eigenvalue weighted by atomic mass is 16.6. The first-order valence-electron chi connectivity index (χ1n) is 17.3. The molecular weight excluding hydrogens is 712 g/mol. The van der Waals surface area contributed by atoms with E-state index in [0.29, 0.717) is 0 Å². The van der Waals surface area contributed by atoms with Gasteiger partial charge in [-0.05, 0) is 74.7 Å². The second kappa shape index (κ2) is 22.3. The SMILES string of the molecule is C=C(C)C(=O)OCC(CC(C)(C)OC(=O)C(=C)CC(C)(C)C(=O)OCC(CC(C)(C)OC(=O)C(=C)C)OC(=O)CCCC(=O)O)OC(=O)CCCC(=O)O. The van der Waals surface area contributed by atoms with Crippen LogP contribution in [0.2, 0.25) is 0 Å². The first-order chi connectivity index (χ1) is 24.7. The van der Waals surface area contributed by atoms with Crippen LogP contribution in [0.1, 0.15) is 113 Å². The molecule has 0 aromatic heterocycles. The summed E-state index contributed by atoms with van der Waals surface area (Å²) < 4.78 is 32.6. The summed E-state index contributed by atoms with van der Waals surface area (Å²) in [6.07, 6.45) is -3.56. The number of hydrogen-bond donors (Lipinski definition) is 2. The highest BCUT2D eigenvalue weighted by molar-refractivity contribution is 5.90. The Morgan fingerprint density at radius 2 is 0.963 bits per heavy atom. The third-order valence-electron chi connectivity index (χ3n) is 7.31. The summed E-state index contributed by atoms with van der Waals surface area (Å²) in [4.78, 5) is 97.1. The van der Waals surface area contributed by atoms with Crippen LogP contribution in [0, 0.1) is 5.41 Å². The van der Waals surface area contributed by atoms with Gasteiger partial charge in [0, 0.05) is 55.2 Å². The number of carbonyl (C=O) groups is 8. The van der Waals surface area contributed by atoms with Gasteiger partial charge in [0.25, 0.3) is 0 Å². The number of hydrogen-bond acceptors (Lipinski definition) is 14. The van der Waals surface area contributed by atoms with Gasteiger partial charge in [0.2, 0.25) is 0 Å². The predicted octanol–water partition coefficient (Wildman–Crippen LogP) is 4.95. The largest absolute Gasteiger partial charge is 0.481 e. The monoisotopic (exact) mass is 768 g/mol. The van der Waals surface area contributed by atoms with Crippen LogP contribution in [0.25, 0.3) is 0 Å². The van der Waals surface area contributed by atoms with E-state index in [-0.39, 0.29) is 74.5 Å². The first-order valence-corrected chi connectivity index (χ1v) is 17.3. The second-order valence-corrected chi connectivity index (χ2v) is 14.8. The van der Waals surface area contributed by atoms with Crippen molar-refractivity contribution in [3.8, 4) is 0 Å². The van der Waals surface area contributed by atoms with Gasteiger partial charge >= 0.3 is 47.8 Å². The second-order valence-electron chi connectivity index (χ2n) is 14.8. The molecule has 304 valence electrons. The predicted molar refractivity (Wildman–Crippen MR) is 191 cm³/mol. The van der Waals surface area contributed by atoms with Crippen molar-refractivity contribution < 1.29 is 77.0 Å². The van der Waals surface area contributed by atoms with Crippen LogP contribution in [-0.2, 0) is 66.8 Å². The van der Waals surface area contributed by atoms with Crippen LogP contribution in [0.3, 0.4) is 0 Å². The molecule has 0 saturated carbocycles. The molecular formula is C38H56O16. The van der Waals surface area contributed by atoms with E-state index < -0.39 is 89.8 Å². The Hall–Kier alpha value is -5.02. The molecule has 2 unspecified atom stereocenters. The molecule has 54 heavy (non-hydrogen) atoms. The Balaban J connectivity index is 5.66. The summed E-state index contributed by atoms with van der Waals surface area (Å²) in [7, 11) is 0. The Kier molecular flexibility index (Phi) is 20.2. The van der Waals surface area contributed by atoms with E-state index in [0.717, 1.165) is 0 Å². The molecule has 0 amide bonds. The number of ether oxygens (including phenoxy) is 6. The zero-order chi connectivity index (χ0) is 42.0. The van der Waals surface area contributed by atoms with Gasteiger partial charge in [-0.15, -0.1) is 0 Å². The fourth-order valence-electron chi connectivity index (χ4n) is 4.70. The minimum Gasteiger partial charge on any atom is -0.481 e. The lowest BCUT2D eigenvalue weighted by Gasteiger charge is -2.31. The van der Waals surface area contributed by atoms with E-state index in [4.69, 9.17) is 38.6 Å². The van der Waals surface area contributed by atoms with Crippen LogP contribution in [-0.4, -0.2) is 94.6 Å². The summed E-state index contributed by atoms with van der Waals surface area (Å²) in [5.74, 6) is -6.78. The third-order valence-corrected chi connectivity index (χ3v) is 7.31. The van der Waals surface area contributed by atoms with Crippen molar-refractivity contribution in [1.29, 1.82) is 0 Å². The zero-order valence-electron chi connectivity index (χ0n) is 32.7. The molecule has 0 aromatic rings. The van der Waals surface area contributed by atoms with Crippen molar-refractivity contribution in [2.24, 2.45) is 5.41 Å². The van der Waals surface area contributed by atoms with E-state index in [1.165, 1.54) is 41.5 Å². The highest BCUT2D eigenvalue weighted by Gasteiger charge is 2.37. The van der Waals surface area contributed by atoms with Gasteiger partial charge in [-0.2, -0.15) is 0 Å². The van der Waals surface area contributed by atoms with Gasteiger partial charge in [-0.3, -0.25) is 24.0 Å². The molecule has 0 fully saturated rings. The average Bonchev–Trinajstić information content (AvgIpc) is 3.00. The van der Waals surface area contributed by atoms with E-state index in [2.05, 4.69) is 19.7 Å². The van der Waals surface area contributed by atoms with Crippen LogP contribution in [0.15, 0.2) is 36.5 Å². The summed E-state index contributed by atoms with van der Waals surface area (Å²) in [5, 5.41) is 17.7. The Morgan fingerprint density at radius 3 is 1.35 bits per heavy atom. The average molecular weight is 769 g/mol. The van der Waals surface area contributed by atoms with Crippen molar-refractivity contribution in [2.75, 3.05) is 13.2 Å². The molecule has 0 aliphatic carbocycles. The molecule has 2 atom stereocenters. The topological polar surface area (TPSA) is 232 Å². The number of aliphatic carboxylic acids is 2. The Labute approximate surface area is 316 Å². The van der Waals surface area contributed by atoms with Crippen LogP contribution < -0.4 is 0 Å².